The van der Waals surface area contributed by atoms with E-state index in [1.807, 2.05) is 13.0 Å². The van der Waals surface area contributed by atoms with E-state index in [-0.39, 0.29) is 10.5 Å². The zero-order valence-corrected chi connectivity index (χ0v) is 26.9. The predicted octanol–water partition coefficient (Wildman–Crippen LogP) is 4.21. The molecule has 14 heteroatoms. The molecule has 0 spiro atoms. The van der Waals surface area contributed by atoms with E-state index in [1.165, 1.54) is 42.1 Å². The van der Waals surface area contributed by atoms with Crippen molar-refractivity contribution in [2.45, 2.75) is 27.6 Å². The van der Waals surface area contributed by atoms with Gasteiger partial charge in [-0.1, -0.05) is 18.2 Å². The quantitative estimate of drug-likeness (QED) is 0.217. The molecule has 1 aliphatic heterocycles. The van der Waals surface area contributed by atoms with Crippen LogP contribution in [0.25, 0.3) is 0 Å². The highest BCUT2D eigenvalue weighted by Crippen LogP contribution is 2.38. The molecule has 0 saturated carbocycles. The van der Waals surface area contributed by atoms with Gasteiger partial charge in [-0.15, -0.1) is 0 Å². The summed E-state index contributed by atoms with van der Waals surface area (Å²) in [6.07, 6.45) is 0. The van der Waals surface area contributed by atoms with Crippen molar-refractivity contribution in [1.29, 1.82) is 0 Å². The number of halogens is 1. The molecular formula is C30H37FN8O3S2. The second kappa shape index (κ2) is 13.9. The number of hydrogen-bond acceptors (Lipinski definition) is 11. The van der Waals surface area contributed by atoms with E-state index in [0.29, 0.717) is 28.4 Å². The Morgan fingerprint density at radius 3 is 2.43 bits per heavy atom. The van der Waals surface area contributed by atoms with E-state index < -0.39 is 21.4 Å². The lowest BCUT2D eigenvalue weighted by molar-refractivity contribution is 0.228. The summed E-state index contributed by atoms with van der Waals surface area (Å²) < 4.78 is 45.9. The Hall–Kier alpha value is -3.72. The van der Waals surface area contributed by atoms with Gasteiger partial charge >= 0.3 is 0 Å². The summed E-state index contributed by atoms with van der Waals surface area (Å²) in [5.74, 6) is 1.31. The zero-order valence-electron chi connectivity index (χ0n) is 25.2. The number of aromatic amines is 1. The van der Waals surface area contributed by atoms with Crippen LogP contribution in [0.3, 0.4) is 0 Å². The van der Waals surface area contributed by atoms with Gasteiger partial charge < -0.3 is 19.9 Å². The van der Waals surface area contributed by atoms with Crippen LogP contribution >= 0.6 is 11.8 Å². The van der Waals surface area contributed by atoms with Crippen LogP contribution in [0.4, 0.5) is 21.8 Å². The number of hydrogen-bond donors (Lipinski definition) is 2. The highest BCUT2D eigenvalue weighted by molar-refractivity contribution is 7.99. The summed E-state index contributed by atoms with van der Waals surface area (Å²) in [5, 5.41) is 10.9. The lowest BCUT2D eigenvalue weighted by atomic mass is 10.2. The predicted molar refractivity (Wildman–Crippen MR) is 170 cm³/mol. The van der Waals surface area contributed by atoms with Crippen LogP contribution in [0.1, 0.15) is 11.3 Å². The standard InChI is InChI=1S/C30H37FN8O3S2/c1-21-19-26(36-35-21)32-28-27(42-4)29(39-17-15-38(16-18-39)14-13-37(2)3)34-30(33-28)43-23-9-11-24(12-10-23)44(40,41)20-22-7-5-6-8-25(22)31/h5-12,19H,13-18,20H2,1-4H3,(H2,32,33,34,35,36). The highest BCUT2D eigenvalue weighted by atomic mass is 32.2. The van der Waals surface area contributed by atoms with Crippen molar-refractivity contribution in [2.75, 3.05) is 70.7 Å². The van der Waals surface area contributed by atoms with E-state index in [9.17, 15) is 12.8 Å². The summed E-state index contributed by atoms with van der Waals surface area (Å²) in [4.78, 5) is 17.4. The maximum atomic E-state index is 14.1. The molecule has 1 saturated heterocycles. The third-order valence-electron chi connectivity index (χ3n) is 7.21. The largest absolute Gasteiger partial charge is 0.490 e. The van der Waals surface area contributed by atoms with Gasteiger partial charge in [-0.25, -0.2) is 22.8 Å². The molecule has 1 aliphatic rings. The molecule has 0 radical (unpaired) electrons. The Bertz CT molecular complexity index is 1670. The van der Waals surface area contributed by atoms with Gasteiger partial charge in [0.15, 0.2) is 32.4 Å². The fraction of sp³-hybridized carbons (Fsp3) is 0.367. The van der Waals surface area contributed by atoms with Gasteiger partial charge in [-0.05, 0) is 63.1 Å². The van der Waals surface area contributed by atoms with Crippen LogP contribution in [0.5, 0.6) is 5.75 Å². The van der Waals surface area contributed by atoms with Crippen LogP contribution in [0.2, 0.25) is 0 Å². The number of ether oxygens (including phenoxy) is 1. The molecule has 0 amide bonds. The fourth-order valence-corrected chi connectivity index (χ4v) is 6.92. The Labute approximate surface area is 261 Å². The highest BCUT2D eigenvalue weighted by Gasteiger charge is 2.26. The molecule has 234 valence electrons. The summed E-state index contributed by atoms with van der Waals surface area (Å²) in [7, 11) is 2.02. The fourth-order valence-electron chi connectivity index (χ4n) is 4.80. The number of piperazine rings is 1. The number of anilines is 3. The van der Waals surface area contributed by atoms with Crippen molar-refractivity contribution < 1.29 is 17.5 Å². The van der Waals surface area contributed by atoms with Gasteiger partial charge in [0, 0.05) is 61.5 Å². The maximum absolute atomic E-state index is 14.1. The van der Waals surface area contributed by atoms with E-state index in [4.69, 9.17) is 14.7 Å². The van der Waals surface area contributed by atoms with Crippen LogP contribution in [-0.2, 0) is 15.6 Å². The Morgan fingerprint density at radius 2 is 1.80 bits per heavy atom. The van der Waals surface area contributed by atoms with Crippen LogP contribution in [0, 0.1) is 12.7 Å². The van der Waals surface area contributed by atoms with Crippen molar-refractivity contribution in [2.24, 2.45) is 0 Å². The van der Waals surface area contributed by atoms with Crippen molar-refractivity contribution in [1.82, 2.24) is 30.0 Å². The van der Waals surface area contributed by atoms with E-state index in [0.717, 1.165) is 49.9 Å². The molecule has 2 aromatic carbocycles. The molecule has 2 N–H and O–H groups in total. The number of benzene rings is 2. The minimum absolute atomic E-state index is 0.116. The SMILES string of the molecule is COc1c(Nc2cc(C)[nH]n2)nc(Sc2ccc(S(=O)(=O)Cc3ccccc3F)cc2)nc1N1CCN(CCN(C)C)CC1. The molecule has 0 atom stereocenters. The van der Waals surface area contributed by atoms with Crippen molar-refractivity contribution in [3.05, 3.63) is 71.7 Å². The first-order valence-electron chi connectivity index (χ1n) is 14.2. The second-order valence-electron chi connectivity index (χ2n) is 10.8. The molecule has 5 rings (SSSR count). The molecule has 44 heavy (non-hydrogen) atoms. The normalized spacial score (nSPS) is 14.3. The van der Waals surface area contributed by atoms with Gasteiger partial charge in [0.25, 0.3) is 0 Å². The first-order chi connectivity index (χ1) is 21.1. The number of rotatable bonds is 12. The molecule has 11 nitrogen and oxygen atoms in total. The molecule has 4 aromatic rings. The molecule has 0 bridgehead atoms. The smallest absolute Gasteiger partial charge is 0.204 e. The Balaban J connectivity index is 1.39. The van der Waals surface area contributed by atoms with E-state index >= 15 is 0 Å². The molecule has 3 heterocycles. The van der Waals surface area contributed by atoms with E-state index in [1.54, 1.807) is 25.3 Å². The number of sulfone groups is 1. The van der Waals surface area contributed by atoms with Gasteiger partial charge in [-0.2, -0.15) is 5.10 Å². The topological polar surface area (TPSA) is 120 Å². The number of methoxy groups -OCH3 is 1. The van der Waals surface area contributed by atoms with Crippen molar-refractivity contribution in [3.63, 3.8) is 0 Å². The zero-order chi connectivity index (χ0) is 31.3. The van der Waals surface area contributed by atoms with Gasteiger partial charge in [0.05, 0.1) is 17.8 Å². The van der Waals surface area contributed by atoms with Crippen molar-refractivity contribution >= 4 is 39.1 Å². The van der Waals surface area contributed by atoms with Gasteiger partial charge in [0.1, 0.15) is 5.82 Å². The molecular weight excluding hydrogens is 604 g/mol. The Morgan fingerprint density at radius 1 is 1.07 bits per heavy atom. The van der Waals surface area contributed by atoms with Gasteiger partial charge in [0.2, 0.25) is 5.75 Å². The van der Waals surface area contributed by atoms with Crippen molar-refractivity contribution in [3.8, 4) is 5.75 Å². The van der Waals surface area contributed by atoms with E-state index in [2.05, 4.69) is 44.3 Å². The molecule has 0 aliphatic carbocycles. The minimum atomic E-state index is -3.74. The first-order valence-corrected chi connectivity index (χ1v) is 16.7. The summed E-state index contributed by atoms with van der Waals surface area (Å²) in [6.45, 7) is 7.26. The maximum Gasteiger partial charge on any atom is 0.204 e. The summed E-state index contributed by atoms with van der Waals surface area (Å²) in [6, 6.07) is 14.2. The molecule has 1 fully saturated rings. The third kappa shape index (κ3) is 7.86. The minimum Gasteiger partial charge on any atom is -0.490 e. The summed E-state index contributed by atoms with van der Waals surface area (Å²) >= 11 is 1.31. The Kier molecular flexibility index (Phi) is 10.0. The lowest BCUT2D eigenvalue weighted by Gasteiger charge is -2.36. The lowest BCUT2D eigenvalue weighted by Crippen LogP contribution is -2.48. The summed E-state index contributed by atoms with van der Waals surface area (Å²) in [5.41, 5.74) is 1.03. The number of likely N-dealkylation sites (N-methyl/N-ethyl adjacent to an activating group) is 1. The van der Waals surface area contributed by atoms with Crippen LogP contribution in [-0.4, -0.2) is 98.9 Å². The monoisotopic (exact) mass is 640 g/mol. The molecule has 0 unspecified atom stereocenters. The number of nitrogens with one attached hydrogen (secondary N) is 2. The number of H-pyrrole nitrogens is 1. The average molecular weight is 641 g/mol. The van der Waals surface area contributed by atoms with Crippen LogP contribution < -0.4 is 15.0 Å². The van der Waals surface area contributed by atoms with Gasteiger partial charge in [-0.3, -0.25) is 10.00 Å². The first kappa shape index (κ1) is 31.7. The third-order valence-corrected chi connectivity index (χ3v) is 9.77. The van der Waals surface area contributed by atoms with Crippen LogP contribution in [0.15, 0.2) is 69.5 Å². The number of aryl methyl sites for hydroxylation is 1. The second-order valence-corrected chi connectivity index (χ2v) is 13.9. The number of nitrogens with zero attached hydrogens (tertiary/aromatic N) is 6. The molecule has 2 aromatic heterocycles. The average Bonchev–Trinajstić information content (AvgIpc) is 3.41. The number of aromatic nitrogens is 4.